The monoisotopic (exact) mass is 242 g/mol. The Morgan fingerprint density at radius 1 is 1.20 bits per heavy atom. The molecule has 80 valence electrons. The second kappa shape index (κ2) is 4.44. The minimum absolute atomic E-state index is 0.670. The average Bonchev–Trinajstić information content (AvgIpc) is 2.50. The van der Waals surface area contributed by atoms with Crippen molar-refractivity contribution in [1.29, 1.82) is 0 Å². The molecule has 0 aliphatic rings. The van der Waals surface area contributed by atoms with E-state index in [0.717, 1.165) is 34.0 Å². The molecule has 1 heterocycles. The zero-order valence-corrected chi connectivity index (χ0v) is 9.72. The highest BCUT2D eigenvalue weighted by atomic mass is 35.5. The largest absolute Gasteiger partial charge is 0.332 e. The van der Waals surface area contributed by atoms with Crippen LogP contribution in [-0.2, 0) is 6.54 Å². The van der Waals surface area contributed by atoms with Gasteiger partial charge in [0.15, 0.2) is 0 Å². The minimum atomic E-state index is 0.670. The zero-order chi connectivity index (χ0) is 10.8. The number of nitrogens with two attached hydrogens (primary N) is 1. The van der Waals surface area contributed by atoms with E-state index in [0.29, 0.717) is 6.54 Å². The van der Waals surface area contributed by atoms with Crippen molar-refractivity contribution in [1.82, 2.24) is 4.57 Å². The van der Waals surface area contributed by atoms with Gasteiger partial charge in [0.2, 0.25) is 0 Å². The Morgan fingerprint density at radius 3 is 2.73 bits per heavy atom. The van der Waals surface area contributed by atoms with E-state index < -0.39 is 0 Å². The highest BCUT2D eigenvalue weighted by molar-refractivity contribution is 6.32. The molecule has 0 aliphatic heterocycles. The summed E-state index contributed by atoms with van der Waals surface area (Å²) in [4.78, 5) is 0. The van der Waals surface area contributed by atoms with Gasteiger partial charge in [0, 0.05) is 22.5 Å². The van der Waals surface area contributed by atoms with Crippen LogP contribution in [0.2, 0.25) is 10.2 Å². The number of hydrogen-bond acceptors (Lipinski definition) is 1. The molecule has 1 aromatic heterocycles. The van der Waals surface area contributed by atoms with Crippen LogP contribution < -0.4 is 5.73 Å². The molecule has 0 bridgehead atoms. The van der Waals surface area contributed by atoms with Gasteiger partial charge in [0.05, 0.1) is 0 Å². The van der Waals surface area contributed by atoms with Crippen LogP contribution in [0.25, 0.3) is 10.9 Å². The van der Waals surface area contributed by atoms with Crippen molar-refractivity contribution in [2.75, 3.05) is 6.54 Å². The summed E-state index contributed by atoms with van der Waals surface area (Å²) in [6, 6.07) is 7.71. The van der Waals surface area contributed by atoms with Gasteiger partial charge in [-0.2, -0.15) is 0 Å². The van der Waals surface area contributed by atoms with E-state index >= 15 is 0 Å². The quantitative estimate of drug-likeness (QED) is 0.880. The first-order valence-corrected chi connectivity index (χ1v) is 5.62. The average molecular weight is 243 g/mol. The second-order valence-corrected chi connectivity index (χ2v) is 4.29. The normalized spacial score (nSPS) is 11.1. The molecule has 0 atom stereocenters. The Morgan fingerprint density at radius 2 is 2.00 bits per heavy atom. The van der Waals surface area contributed by atoms with Gasteiger partial charge in [-0.1, -0.05) is 23.2 Å². The number of aryl methyl sites for hydroxylation is 1. The van der Waals surface area contributed by atoms with Gasteiger partial charge in [-0.3, -0.25) is 0 Å². The van der Waals surface area contributed by atoms with Crippen LogP contribution in [0.4, 0.5) is 0 Å². The van der Waals surface area contributed by atoms with Gasteiger partial charge < -0.3 is 10.3 Å². The first-order chi connectivity index (χ1) is 7.22. The van der Waals surface area contributed by atoms with Gasteiger partial charge in [-0.05, 0) is 37.2 Å². The maximum Gasteiger partial charge on any atom is 0.109 e. The van der Waals surface area contributed by atoms with Crippen LogP contribution >= 0.6 is 23.2 Å². The molecule has 2 N–H and O–H groups in total. The summed E-state index contributed by atoms with van der Waals surface area (Å²) in [6.45, 7) is 1.52. The number of hydrogen-bond donors (Lipinski definition) is 1. The Bertz CT molecular complexity index is 477. The standard InChI is InChI=1S/C11H12Cl2N2/c12-9-2-3-10-8(6-9)7-11(13)15(10)5-1-4-14/h2-3,6-7H,1,4-5,14H2. The van der Waals surface area contributed by atoms with Crippen LogP contribution in [0.15, 0.2) is 24.3 Å². The maximum atomic E-state index is 6.13. The Balaban J connectivity index is 2.48. The topological polar surface area (TPSA) is 30.9 Å². The molecule has 0 unspecified atom stereocenters. The lowest BCUT2D eigenvalue weighted by Crippen LogP contribution is -2.05. The summed E-state index contributed by atoms with van der Waals surface area (Å²) in [6.07, 6.45) is 0.923. The molecule has 0 spiro atoms. The van der Waals surface area contributed by atoms with Crippen molar-refractivity contribution >= 4 is 34.1 Å². The first-order valence-electron chi connectivity index (χ1n) is 4.87. The summed E-state index contributed by atoms with van der Waals surface area (Å²) in [5, 5.41) is 2.54. The highest BCUT2D eigenvalue weighted by Crippen LogP contribution is 2.26. The molecule has 0 radical (unpaired) electrons. The molecular formula is C11H12Cl2N2. The van der Waals surface area contributed by atoms with E-state index in [1.54, 1.807) is 0 Å². The summed E-state index contributed by atoms with van der Waals surface area (Å²) in [7, 11) is 0. The molecule has 4 heteroatoms. The van der Waals surface area contributed by atoms with Crippen LogP contribution in [0.5, 0.6) is 0 Å². The molecule has 0 saturated carbocycles. The van der Waals surface area contributed by atoms with Gasteiger partial charge in [0.25, 0.3) is 0 Å². The molecule has 2 rings (SSSR count). The van der Waals surface area contributed by atoms with Crippen molar-refractivity contribution < 1.29 is 0 Å². The van der Waals surface area contributed by atoms with Gasteiger partial charge in [-0.15, -0.1) is 0 Å². The summed E-state index contributed by atoms with van der Waals surface area (Å²) in [5.74, 6) is 0. The van der Waals surface area contributed by atoms with Gasteiger partial charge in [0.1, 0.15) is 5.15 Å². The summed E-state index contributed by atoms with van der Waals surface area (Å²) < 4.78 is 2.06. The molecule has 15 heavy (non-hydrogen) atoms. The lowest BCUT2D eigenvalue weighted by Gasteiger charge is -2.05. The zero-order valence-electron chi connectivity index (χ0n) is 8.21. The van der Waals surface area contributed by atoms with Crippen molar-refractivity contribution in [3.8, 4) is 0 Å². The van der Waals surface area contributed by atoms with Crippen LogP contribution in [-0.4, -0.2) is 11.1 Å². The predicted octanol–water partition coefficient (Wildman–Crippen LogP) is 3.30. The first kappa shape index (κ1) is 10.8. The van der Waals surface area contributed by atoms with E-state index in [2.05, 4.69) is 4.57 Å². The van der Waals surface area contributed by atoms with Crippen molar-refractivity contribution in [3.63, 3.8) is 0 Å². The minimum Gasteiger partial charge on any atom is -0.332 e. The third-order valence-electron chi connectivity index (χ3n) is 2.40. The van der Waals surface area contributed by atoms with Gasteiger partial charge in [-0.25, -0.2) is 0 Å². The van der Waals surface area contributed by atoms with Gasteiger partial charge >= 0.3 is 0 Å². The number of halogens is 2. The molecule has 0 amide bonds. The number of benzene rings is 1. The van der Waals surface area contributed by atoms with E-state index in [1.165, 1.54) is 0 Å². The fourth-order valence-electron chi connectivity index (χ4n) is 1.68. The maximum absolute atomic E-state index is 6.13. The van der Waals surface area contributed by atoms with E-state index in [-0.39, 0.29) is 0 Å². The summed E-state index contributed by atoms with van der Waals surface area (Å²) >= 11 is 12.0. The molecule has 0 aliphatic carbocycles. The van der Waals surface area contributed by atoms with Crippen molar-refractivity contribution in [2.24, 2.45) is 5.73 Å². The molecule has 2 nitrogen and oxygen atoms in total. The molecule has 1 aromatic carbocycles. The Labute approximate surface area is 98.6 Å². The Hall–Kier alpha value is -0.700. The van der Waals surface area contributed by atoms with Crippen molar-refractivity contribution in [2.45, 2.75) is 13.0 Å². The van der Waals surface area contributed by atoms with Crippen LogP contribution in [0, 0.1) is 0 Å². The van der Waals surface area contributed by atoms with Crippen molar-refractivity contribution in [3.05, 3.63) is 34.4 Å². The van der Waals surface area contributed by atoms with Crippen LogP contribution in [0.3, 0.4) is 0 Å². The lowest BCUT2D eigenvalue weighted by atomic mass is 10.2. The smallest absolute Gasteiger partial charge is 0.109 e. The van der Waals surface area contributed by atoms with E-state index in [9.17, 15) is 0 Å². The predicted molar refractivity (Wildman–Crippen MR) is 65.6 cm³/mol. The SMILES string of the molecule is NCCCn1c(Cl)cc2cc(Cl)ccc21. The second-order valence-electron chi connectivity index (χ2n) is 3.46. The Kier molecular flexibility index (Phi) is 3.19. The fraction of sp³-hybridized carbons (Fsp3) is 0.273. The van der Waals surface area contributed by atoms with E-state index in [1.807, 2.05) is 24.3 Å². The lowest BCUT2D eigenvalue weighted by molar-refractivity contribution is 0.671. The summed E-state index contributed by atoms with van der Waals surface area (Å²) in [5.41, 5.74) is 6.59. The number of nitrogens with zero attached hydrogens (tertiary/aromatic N) is 1. The third-order valence-corrected chi connectivity index (χ3v) is 2.95. The fourth-order valence-corrected chi connectivity index (χ4v) is 2.16. The number of aromatic nitrogens is 1. The molecule has 0 fully saturated rings. The number of rotatable bonds is 3. The molecule has 0 saturated heterocycles. The van der Waals surface area contributed by atoms with E-state index in [4.69, 9.17) is 28.9 Å². The third kappa shape index (κ3) is 2.12. The number of fused-ring (bicyclic) bond motifs is 1. The van der Waals surface area contributed by atoms with Crippen LogP contribution in [0.1, 0.15) is 6.42 Å². The molecular weight excluding hydrogens is 231 g/mol. The highest BCUT2D eigenvalue weighted by Gasteiger charge is 2.06. The molecule has 2 aromatic rings.